The van der Waals surface area contributed by atoms with Gasteiger partial charge in [-0.3, -0.25) is 4.40 Å². The van der Waals surface area contributed by atoms with Gasteiger partial charge in [-0.1, -0.05) is 22.0 Å². The molecule has 0 spiro atoms. The normalized spacial score (nSPS) is 17.6. The molecule has 1 saturated heterocycles. The maximum atomic E-state index is 14.8. The Labute approximate surface area is 158 Å². The summed E-state index contributed by atoms with van der Waals surface area (Å²) in [4.78, 5) is 4.69. The zero-order valence-corrected chi connectivity index (χ0v) is 15.9. The SMILES string of the molecule is Cn1c2cc(Br)ccc2n2cc(-c3ccc([C@@H]4CCCN4)cc3F)nc12. The Hall–Kier alpha value is -2.18. The fraction of sp³-hybridized carbons (Fsp3) is 0.250. The second-order valence-corrected chi connectivity index (χ2v) is 7.79. The molecule has 4 nitrogen and oxygen atoms in total. The molecule has 1 N–H and O–H groups in total. The third kappa shape index (κ3) is 2.40. The number of benzene rings is 2. The van der Waals surface area contributed by atoms with Crippen molar-refractivity contribution in [2.24, 2.45) is 7.05 Å². The van der Waals surface area contributed by atoms with Crippen molar-refractivity contribution in [1.82, 2.24) is 19.3 Å². The van der Waals surface area contributed by atoms with Crippen molar-refractivity contribution in [3.8, 4) is 11.3 Å². The Balaban J connectivity index is 1.62. The lowest BCUT2D eigenvalue weighted by atomic mass is 10.0. The Morgan fingerprint density at radius 2 is 2.08 bits per heavy atom. The van der Waals surface area contributed by atoms with E-state index in [0.717, 1.165) is 46.2 Å². The van der Waals surface area contributed by atoms with Crippen LogP contribution in [0, 0.1) is 5.82 Å². The first-order valence-corrected chi connectivity index (χ1v) is 9.57. The van der Waals surface area contributed by atoms with E-state index in [4.69, 9.17) is 4.98 Å². The minimum atomic E-state index is -0.216. The summed E-state index contributed by atoms with van der Waals surface area (Å²) in [5.74, 6) is 0.584. The molecule has 0 radical (unpaired) electrons. The molecule has 4 aromatic rings. The van der Waals surface area contributed by atoms with Crippen molar-refractivity contribution in [2.75, 3.05) is 6.54 Å². The largest absolute Gasteiger partial charge is 0.313 e. The van der Waals surface area contributed by atoms with Crippen LogP contribution in [-0.2, 0) is 7.05 Å². The quantitative estimate of drug-likeness (QED) is 0.512. The number of hydrogen-bond donors (Lipinski definition) is 1. The molecule has 0 bridgehead atoms. The fourth-order valence-corrected chi connectivity index (χ4v) is 4.26. The van der Waals surface area contributed by atoms with E-state index in [9.17, 15) is 4.39 Å². The average Bonchev–Trinajstić information content (AvgIpc) is 3.34. The highest BCUT2D eigenvalue weighted by Crippen LogP contribution is 2.30. The Kier molecular flexibility index (Phi) is 3.65. The van der Waals surface area contributed by atoms with Crippen molar-refractivity contribution in [3.05, 3.63) is 58.4 Å². The van der Waals surface area contributed by atoms with Crippen LogP contribution >= 0.6 is 15.9 Å². The molecule has 3 heterocycles. The van der Waals surface area contributed by atoms with Gasteiger partial charge in [-0.2, -0.15) is 0 Å². The summed E-state index contributed by atoms with van der Waals surface area (Å²) < 4.78 is 19.9. The van der Waals surface area contributed by atoms with Gasteiger partial charge in [-0.15, -0.1) is 0 Å². The van der Waals surface area contributed by atoms with Gasteiger partial charge in [0.2, 0.25) is 5.78 Å². The maximum Gasteiger partial charge on any atom is 0.215 e. The van der Waals surface area contributed by atoms with E-state index in [0.29, 0.717) is 11.3 Å². The molecule has 2 aromatic heterocycles. The minimum Gasteiger partial charge on any atom is -0.313 e. The van der Waals surface area contributed by atoms with Gasteiger partial charge in [-0.25, -0.2) is 9.37 Å². The lowest BCUT2D eigenvalue weighted by Gasteiger charge is -2.11. The number of nitrogens with zero attached hydrogens (tertiary/aromatic N) is 3. The van der Waals surface area contributed by atoms with Gasteiger partial charge in [0.25, 0.3) is 0 Å². The van der Waals surface area contributed by atoms with E-state index in [-0.39, 0.29) is 11.9 Å². The van der Waals surface area contributed by atoms with Gasteiger partial charge in [-0.05, 0) is 55.3 Å². The third-order valence-corrected chi connectivity index (χ3v) is 5.77. The topological polar surface area (TPSA) is 34.3 Å². The standard InChI is InChI=1S/C20H18BrFN4/c1-25-19-10-13(21)5-7-18(19)26-11-17(24-20(25)26)14-6-4-12(9-15(14)22)16-3-2-8-23-16/h4-7,9-11,16,23H,2-3,8H2,1H3/t16-/m0/s1. The second kappa shape index (κ2) is 5.93. The molecule has 1 fully saturated rings. The third-order valence-electron chi connectivity index (χ3n) is 5.28. The van der Waals surface area contributed by atoms with Crippen molar-refractivity contribution in [3.63, 3.8) is 0 Å². The lowest BCUT2D eigenvalue weighted by molar-refractivity contribution is 0.609. The highest BCUT2D eigenvalue weighted by Gasteiger charge is 2.19. The number of nitrogens with one attached hydrogen (secondary N) is 1. The molecule has 1 atom stereocenters. The molecular formula is C20H18BrFN4. The molecule has 132 valence electrons. The van der Waals surface area contributed by atoms with Gasteiger partial charge < -0.3 is 9.88 Å². The highest BCUT2D eigenvalue weighted by molar-refractivity contribution is 9.10. The van der Waals surface area contributed by atoms with Crippen LogP contribution < -0.4 is 5.32 Å². The molecule has 6 heteroatoms. The summed E-state index contributed by atoms with van der Waals surface area (Å²) in [5.41, 5.74) is 4.35. The number of imidazole rings is 2. The molecule has 0 unspecified atom stereocenters. The number of hydrogen-bond acceptors (Lipinski definition) is 2. The van der Waals surface area contributed by atoms with Gasteiger partial charge in [0.1, 0.15) is 5.82 Å². The lowest BCUT2D eigenvalue weighted by Crippen LogP contribution is -2.12. The number of aromatic nitrogens is 3. The summed E-state index contributed by atoms with van der Waals surface area (Å²) in [6.45, 7) is 1.00. The number of halogens is 2. The first-order chi connectivity index (χ1) is 12.6. The smallest absolute Gasteiger partial charge is 0.215 e. The van der Waals surface area contributed by atoms with Crippen LogP contribution in [0.25, 0.3) is 28.1 Å². The molecular weight excluding hydrogens is 395 g/mol. The average molecular weight is 413 g/mol. The zero-order chi connectivity index (χ0) is 17.8. The molecule has 1 aliphatic rings. The first-order valence-electron chi connectivity index (χ1n) is 8.78. The highest BCUT2D eigenvalue weighted by atomic mass is 79.9. The molecule has 26 heavy (non-hydrogen) atoms. The second-order valence-electron chi connectivity index (χ2n) is 6.88. The van der Waals surface area contributed by atoms with Crippen LogP contribution in [0.1, 0.15) is 24.4 Å². The van der Waals surface area contributed by atoms with Gasteiger partial charge in [0.15, 0.2) is 0 Å². The van der Waals surface area contributed by atoms with Gasteiger partial charge >= 0.3 is 0 Å². The van der Waals surface area contributed by atoms with E-state index in [1.54, 1.807) is 6.07 Å². The fourth-order valence-electron chi connectivity index (χ4n) is 3.92. The Morgan fingerprint density at radius 1 is 1.19 bits per heavy atom. The van der Waals surface area contributed by atoms with Crippen molar-refractivity contribution >= 4 is 32.7 Å². The van der Waals surface area contributed by atoms with Crippen molar-refractivity contribution in [2.45, 2.75) is 18.9 Å². The summed E-state index contributed by atoms with van der Waals surface area (Å²) in [7, 11) is 1.98. The number of aryl methyl sites for hydroxylation is 1. The summed E-state index contributed by atoms with van der Waals surface area (Å²) in [6, 6.07) is 11.9. The van der Waals surface area contributed by atoms with Crippen LogP contribution in [-0.4, -0.2) is 20.5 Å². The van der Waals surface area contributed by atoms with E-state index < -0.39 is 0 Å². The summed E-state index contributed by atoms with van der Waals surface area (Å²) >= 11 is 3.51. The van der Waals surface area contributed by atoms with E-state index in [2.05, 4.69) is 27.3 Å². The summed E-state index contributed by atoms with van der Waals surface area (Å²) in [5, 5.41) is 3.42. The monoisotopic (exact) mass is 412 g/mol. The van der Waals surface area contributed by atoms with Crippen LogP contribution in [0.4, 0.5) is 4.39 Å². The number of rotatable bonds is 2. The number of fused-ring (bicyclic) bond motifs is 3. The van der Waals surface area contributed by atoms with Crippen LogP contribution in [0.5, 0.6) is 0 Å². The van der Waals surface area contributed by atoms with Gasteiger partial charge in [0.05, 0.1) is 16.7 Å². The van der Waals surface area contributed by atoms with Crippen molar-refractivity contribution < 1.29 is 4.39 Å². The van der Waals surface area contributed by atoms with Crippen molar-refractivity contribution in [1.29, 1.82) is 0 Å². The van der Waals surface area contributed by atoms with Crippen LogP contribution in [0.15, 0.2) is 47.1 Å². The molecule has 0 saturated carbocycles. The van der Waals surface area contributed by atoms with E-state index in [1.165, 1.54) is 0 Å². The molecule has 0 amide bonds. The predicted molar refractivity (Wildman–Crippen MR) is 105 cm³/mol. The maximum absolute atomic E-state index is 14.8. The first kappa shape index (κ1) is 16.0. The van der Waals surface area contributed by atoms with Crippen LogP contribution in [0.2, 0.25) is 0 Å². The molecule has 0 aliphatic carbocycles. The zero-order valence-electron chi connectivity index (χ0n) is 14.3. The minimum absolute atomic E-state index is 0.216. The van der Waals surface area contributed by atoms with Gasteiger partial charge in [0, 0.05) is 29.3 Å². The Morgan fingerprint density at radius 3 is 2.85 bits per heavy atom. The molecule has 2 aromatic carbocycles. The Bertz CT molecular complexity index is 1140. The van der Waals surface area contributed by atoms with E-state index in [1.807, 2.05) is 46.5 Å². The predicted octanol–water partition coefficient (Wildman–Crippen LogP) is 4.82. The molecule has 5 rings (SSSR count). The van der Waals surface area contributed by atoms with Crippen LogP contribution in [0.3, 0.4) is 0 Å². The molecule has 1 aliphatic heterocycles. The van der Waals surface area contributed by atoms with E-state index >= 15 is 0 Å². The summed E-state index contributed by atoms with van der Waals surface area (Å²) in [6.07, 6.45) is 4.12.